The van der Waals surface area contributed by atoms with Gasteiger partial charge in [0.25, 0.3) is 0 Å². The van der Waals surface area contributed by atoms with Crippen LogP contribution in [0.15, 0.2) is 0 Å². The van der Waals surface area contributed by atoms with Crippen molar-refractivity contribution in [3.05, 3.63) is 0 Å². The van der Waals surface area contributed by atoms with Crippen molar-refractivity contribution in [3.63, 3.8) is 0 Å². The van der Waals surface area contributed by atoms with E-state index in [1.807, 2.05) is 13.8 Å². The van der Waals surface area contributed by atoms with E-state index >= 15 is 0 Å². The van der Waals surface area contributed by atoms with Gasteiger partial charge in [0.05, 0.1) is 13.2 Å². The van der Waals surface area contributed by atoms with Crippen LogP contribution in [-0.2, 0) is 9.47 Å². The summed E-state index contributed by atoms with van der Waals surface area (Å²) in [7, 11) is 0. The van der Waals surface area contributed by atoms with Gasteiger partial charge in [-0.1, -0.05) is 13.8 Å². The third-order valence-electron chi connectivity index (χ3n) is 2.23. The molecular formula is C10H20O3. The maximum Gasteiger partial charge on any atom is 0.157 e. The summed E-state index contributed by atoms with van der Waals surface area (Å²) >= 11 is 0. The molecule has 1 atom stereocenters. The molecule has 1 saturated heterocycles. The summed E-state index contributed by atoms with van der Waals surface area (Å²) in [6.07, 6.45) is 3.27. The molecule has 0 aromatic carbocycles. The summed E-state index contributed by atoms with van der Waals surface area (Å²) in [5.41, 5.74) is -0.152. The Morgan fingerprint density at radius 1 is 1.46 bits per heavy atom. The van der Waals surface area contributed by atoms with Crippen molar-refractivity contribution < 1.29 is 14.6 Å². The van der Waals surface area contributed by atoms with E-state index in [0.717, 1.165) is 19.4 Å². The number of aliphatic hydroxyl groups is 1. The van der Waals surface area contributed by atoms with Crippen LogP contribution < -0.4 is 0 Å². The smallest absolute Gasteiger partial charge is 0.157 e. The highest BCUT2D eigenvalue weighted by atomic mass is 16.7. The molecule has 1 aliphatic heterocycles. The fourth-order valence-corrected chi connectivity index (χ4v) is 1.21. The Kier molecular flexibility index (Phi) is 4.16. The first-order chi connectivity index (χ1) is 6.14. The van der Waals surface area contributed by atoms with Gasteiger partial charge in [-0.2, -0.15) is 0 Å². The molecule has 0 bridgehead atoms. The van der Waals surface area contributed by atoms with E-state index in [2.05, 4.69) is 0 Å². The topological polar surface area (TPSA) is 38.7 Å². The molecule has 0 radical (unpaired) electrons. The van der Waals surface area contributed by atoms with Gasteiger partial charge in [0.15, 0.2) is 6.29 Å². The van der Waals surface area contributed by atoms with Gasteiger partial charge in [-0.05, 0) is 19.3 Å². The fraction of sp³-hybridized carbons (Fsp3) is 1.00. The zero-order valence-electron chi connectivity index (χ0n) is 8.58. The van der Waals surface area contributed by atoms with E-state index in [9.17, 15) is 0 Å². The molecule has 0 aromatic heterocycles. The summed E-state index contributed by atoms with van der Waals surface area (Å²) in [4.78, 5) is 0. The second-order valence-electron chi connectivity index (χ2n) is 4.43. The molecular weight excluding hydrogens is 168 g/mol. The quantitative estimate of drug-likeness (QED) is 0.727. The van der Waals surface area contributed by atoms with Crippen LogP contribution in [0.5, 0.6) is 0 Å². The minimum atomic E-state index is -0.152. The van der Waals surface area contributed by atoms with Gasteiger partial charge in [-0.15, -0.1) is 0 Å². The number of rotatable bonds is 4. The lowest BCUT2D eigenvalue weighted by atomic mass is 9.96. The summed E-state index contributed by atoms with van der Waals surface area (Å²) < 4.78 is 11.0. The Bertz CT molecular complexity index is 139. The highest BCUT2D eigenvalue weighted by Crippen LogP contribution is 2.19. The van der Waals surface area contributed by atoms with Gasteiger partial charge >= 0.3 is 0 Å². The number of hydrogen-bond acceptors (Lipinski definition) is 3. The van der Waals surface area contributed by atoms with Gasteiger partial charge in [0.1, 0.15) is 0 Å². The van der Waals surface area contributed by atoms with Crippen LogP contribution in [0.2, 0.25) is 0 Å². The predicted molar refractivity (Wildman–Crippen MR) is 50.4 cm³/mol. The molecule has 3 heteroatoms. The van der Waals surface area contributed by atoms with Gasteiger partial charge in [-0.3, -0.25) is 0 Å². The second kappa shape index (κ2) is 4.94. The molecule has 1 heterocycles. The molecule has 0 aliphatic carbocycles. The minimum Gasteiger partial charge on any atom is -0.396 e. The Morgan fingerprint density at radius 3 is 2.77 bits per heavy atom. The van der Waals surface area contributed by atoms with Crippen LogP contribution in [0.3, 0.4) is 0 Å². The molecule has 0 spiro atoms. The standard InChI is InChI=1S/C10H20O3/c1-10(2,7-11)8-13-9-5-3-4-6-12-9/h9,11H,3-8H2,1-2H3/t9-/m0/s1. The maximum absolute atomic E-state index is 9.00. The van der Waals surface area contributed by atoms with Crippen molar-refractivity contribution in [1.82, 2.24) is 0 Å². The van der Waals surface area contributed by atoms with Gasteiger partial charge < -0.3 is 14.6 Å². The van der Waals surface area contributed by atoms with Gasteiger partial charge in [0.2, 0.25) is 0 Å². The van der Waals surface area contributed by atoms with Crippen molar-refractivity contribution in [2.75, 3.05) is 19.8 Å². The Morgan fingerprint density at radius 2 is 2.23 bits per heavy atom. The third kappa shape index (κ3) is 4.07. The average molecular weight is 188 g/mol. The van der Waals surface area contributed by atoms with E-state index in [1.165, 1.54) is 6.42 Å². The van der Waals surface area contributed by atoms with Crippen LogP contribution in [0, 0.1) is 5.41 Å². The molecule has 1 aliphatic rings. The van der Waals surface area contributed by atoms with Crippen molar-refractivity contribution in [3.8, 4) is 0 Å². The van der Waals surface area contributed by atoms with Crippen molar-refractivity contribution >= 4 is 0 Å². The summed E-state index contributed by atoms with van der Waals surface area (Å²) in [5, 5.41) is 9.00. The average Bonchev–Trinajstić information content (AvgIpc) is 2.17. The van der Waals surface area contributed by atoms with Gasteiger partial charge in [0, 0.05) is 12.0 Å². The zero-order valence-corrected chi connectivity index (χ0v) is 8.58. The van der Waals surface area contributed by atoms with E-state index in [0.29, 0.717) is 6.61 Å². The van der Waals surface area contributed by atoms with E-state index in [1.54, 1.807) is 0 Å². The number of ether oxygens (including phenoxy) is 2. The van der Waals surface area contributed by atoms with E-state index in [4.69, 9.17) is 14.6 Å². The van der Waals surface area contributed by atoms with Crippen molar-refractivity contribution in [1.29, 1.82) is 0 Å². The zero-order chi connectivity index (χ0) is 9.73. The van der Waals surface area contributed by atoms with Crippen molar-refractivity contribution in [2.24, 2.45) is 5.41 Å². The Hall–Kier alpha value is -0.120. The largest absolute Gasteiger partial charge is 0.396 e. The van der Waals surface area contributed by atoms with Crippen LogP contribution in [0.25, 0.3) is 0 Å². The summed E-state index contributed by atoms with van der Waals surface area (Å²) in [6, 6.07) is 0. The Labute approximate surface area is 80.0 Å². The van der Waals surface area contributed by atoms with Crippen LogP contribution in [0.4, 0.5) is 0 Å². The molecule has 0 amide bonds. The first-order valence-corrected chi connectivity index (χ1v) is 4.98. The summed E-state index contributed by atoms with van der Waals surface area (Å²) in [5.74, 6) is 0. The first-order valence-electron chi connectivity index (χ1n) is 4.98. The lowest BCUT2D eigenvalue weighted by Crippen LogP contribution is -2.30. The molecule has 0 aromatic rings. The predicted octanol–water partition coefficient (Wildman–Crippen LogP) is 1.55. The molecule has 13 heavy (non-hydrogen) atoms. The third-order valence-corrected chi connectivity index (χ3v) is 2.23. The molecule has 1 rings (SSSR count). The first kappa shape index (κ1) is 11.0. The van der Waals surface area contributed by atoms with Crippen LogP contribution >= 0.6 is 0 Å². The Balaban J connectivity index is 2.17. The number of aliphatic hydroxyl groups excluding tert-OH is 1. The number of hydrogen-bond donors (Lipinski definition) is 1. The van der Waals surface area contributed by atoms with Gasteiger partial charge in [-0.25, -0.2) is 0 Å². The lowest BCUT2D eigenvalue weighted by Gasteiger charge is -2.27. The van der Waals surface area contributed by atoms with Crippen molar-refractivity contribution in [2.45, 2.75) is 39.4 Å². The highest BCUT2D eigenvalue weighted by Gasteiger charge is 2.21. The fourth-order valence-electron chi connectivity index (χ4n) is 1.21. The monoisotopic (exact) mass is 188 g/mol. The van der Waals surface area contributed by atoms with Crippen LogP contribution in [-0.4, -0.2) is 31.2 Å². The summed E-state index contributed by atoms with van der Waals surface area (Å²) in [6.45, 7) is 5.49. The molecule has 1 N–H and O–H groups in total. The molecule has 1 fully saturated rings. The molecule has 0 unspecified atom stereocenters. The van der Waals surface area contributed by atoms with Crippen LogP contribution in [0.1, 0.15) is 33.1 Å². The lowest BCUT2D eigenvalue weighted by molar-refractivity contribution is -0.178. The molecule has 0 saturated carbocycles. The molecule has 3 nitrogen and oxygen atoms in total. The SMILES string of the molecule is CC(C)(CO)CO[C@H]1CCCCO1. The molecule has 78 valence electrons. The maximum atomic E-state index is 9.00. The highest BCUT2D eigenvalue weighted by molar-refractivity contribution is 4.66. The van der Waals surface area contributed by atoms with E-state index in [-0.39, 0.29) is 18.3 Å². The minimum absolute atomic E-state index is 0.0421. The second-order valence-corrected chi connectivity index (χ2v) is 4.43. The normalized spacial score (nSPS) is 24.7. The van der Waals surface area contributed by atoms with E-state index < -0.39 is 0 Å².